The number of nitrogens with zero attached hydrogens (tertiary/aromatic N) is 3. The second-order valence-electron chi connectivity index (χ2n) is 9.80. The zero-order valence-electron chi connectivity index (χ0n) is 24.1. The van der Waals surface area contributed by atoms with Gasteiger partial charge in [-0.1, -0.05) is 37.6 Å². The number of aromatic nitrogens is 2. The van der Waals surface area contributed by atoms with Gasteiger partial charge in [-0.25, -0.2) is 9.78 Å². The smallest absolute Gasteiger partial charge is 0.347 e. The summed E-state index contributed by atoms with van der Waals surface area (Å²) >= 11 is 6.29. The van der Waals surface area contributed by atoms with E-state index in [4.69, 9.17) is 30.8 Å². The van der Waals surface area contributed by atoms with Gasteiger partial charge < -0.3 is 14.2 Å². The minimum Gasteiger partial charge on any atom is -0.494 e. The summed E-state index contributed by atoms with van der Waals surface area (Å²) in [6.07, 6.45) is 0.623. The number of esters is 1. The average molecular weight is 576 g/mol. The van der Waals surface area contributed by atoms with Gasteiger partial charge in [0.25, 0.3) is 5.56 Å². The van der Waals surface area contributed by atoms with E-state index in [0.29, 0.717) is 39.7 Å². The Hall–Kier alpha value is -4.17. The minimum absolute atomic E-state index is 0.174. The summed E-state index contributed by atoms with van der Waals surface area (Å²) in [6, 6.07) is 16.1. The lowest BCUT2D eigenvalue weighted by molar-refractivity contribution is -0.150. The van der Waals surface area contributed by atoms with Crippen LogP contribution in [0.5, 0.6) is 11.5 Å². The lowest BCUT2D eigenvalue weighted by atomic mass is 9.96. The van der Waals surface area contributed by atoms with E-state index in [0.717, 1.165) is 22.4 Å². The molecule has 0 radical (unpaired) electrons. The van der Waals surface area contributed by atoms with Crippen molar-refractivity contribution < 1.29 is 19.0 Å². The van der Waals surface area contributed by atoms with Crippen LogP contribution in [0.1, 0.15) is 57.2 Å². The first-order valence-electron chi connectivity index (χ1n) is 13.6. The van der Waals surface area contributed by atoms with Gasteiger partial charge in [0.05, 0.1) is 30.3 Å². The van der Waals surface area contributed by atoms with E-state index < -0.39 is 12.1 Å². The van der Waals surface area contributed by atoms with Crippen molar-refractivity contribution in [2.24, 2.45) is 5.10 Å². The summed E-state index contributed by atoms with van der Waals surface area (Å²) in [6.45, 7) is 12.2. The Labute approximate surface area is 244 Å². The molecular weight excluding hydrogens is 542 g/mol. The van der Waals surface area contributed by atoms with Gasteiger partial charge in [0, 0.05) is 16.1 Å². The molecule has 4 aromatic rings. The SMILES string of the molecule is CCOC(=O)[C@H](C)Oc1ccc(Cl)cc1C=Nn1c(-c2cc(C(C)C)c(OCC)cc2C)nc2ccccc2c1=O. The molecule has 3 aromatic carbocycles. The Bertz CT molecular complexity index is 1660. The third-order valence-corrected chi connectivity index (χ3v) is 6.71. The fourth-order valence-electron chi connectivity index (χ4n) is 4.42. The molecule has 0 amide bonds. The maximum absolute atomic E-state index is 13.8. The van der Waals surface area contributed by atoms with Crippen molar-refractivity contribution in [3.05, 3.63) is 86.7 Å². The Morgan fingerprint density at radius 3 is 2.51 bits per heavy atom. The van der Waals surface area contributed by atoms with E-state index in [1.165, 1.54) is 10.9 Å². The molecule has 0 aliphatic carbocycles. The number of rotatable bonds is 10. The molecule has 0 N–H and O–H groups in total. The van der Waals surface area contributed by atoms with Gasteiger partial charge in [-0.3, -0.25) is 4.79 Å². The number of halogens is 1. The molecule has 4 rings (SSSR count). The molecule has 1 atom stereocenters. The highest BCUT2D eigenvalue weighted by atomic mass is 35.5. The van der Waals surface area contributed by atoms with Gasteiger partial charge in [0.1, 0.15) is 11.5 Å². The number of carbonyl (C=O) groups excluding carboxylic acids is 1. The summed E-state index contributed by atoms with van der Waals surface area (Å²) in [4.78, 5) is 30.9. The van der Waals surface area contributed by atoms with Crippen molar-refractivity contribution in [2.75, 3.05) is 13.2 Å². The molecule has 9 heteroatoms. The van der Waals surface area contributed by atoms with E-state index in [1.807, 2.05) is 32.0 Å². The lowest BCUT2D eigenvalue weighted by Crippen LogP contribution is -2.26. The Kier molecular flexibility index (Phi) is 9.45. The molecular formula is C32H34ClN3O5. The van der Waals surface area contributed by atoms with Gasteiger partial charge in [0.2, 0.25) is 0 Å². The van der Waals surface area contributed by atoms with Crippen LogP contribution in [0.2, 0.25) is 5.02 Å². The molecule has 41 heavy (non-hydrogen) atoms. The first kappa shape index (κ1) is 29.8. The monoisotopic (exact) mass is 575 g/mol. The molecule has 1 aromatic heterocycles. The average Bonchev–Trinajstić information content (AvgIpc) is 2.94. The van der Waals surface area contributed by atoms with Crippen LogP contribution in [-0.4, -0.2) is 41.2 Å². The van der Waals surface area contributed by atoms with Crippen molar-refractivity contribution in [3.8, 4) is 22.9 Å². The number of benzene rings is 3. The van der Waals surface area contributed by atoms with E-state index in [1.54, 1.807) is 50.2 Å². The molecule has 0 bridgehead atoms. The van der Waals surface area contributed by atoms with Gasteiger partial charge in [-0.2, -0.15) is 9.78 Å². The first-order chi connectivity index (χ1) is 19.6. The van der Waals surface area contributed by atoms with Crippen LogP contribution in [-0.2, 0) is 9.53 Å². The van der Waals surface area contributed by atoms with Crippen LogP contribution in [0.25, 0.3) is 22.3 Å². The molecule has 214 valence electrons. The van der Waals surface area contributed by atoms with Crippen LogP contribution in [0.3, 0.4) is 0 Å². The predicted molar refractivity (Wildman–Crippen MR) is 163 cm³/mol. The Morgan fingerprint density at radius 2 is 1.80 bits per heavy atom. The fraction of sp³-hybridized carbons (Fsp3) is 0.312. The van der Waals surface area contributed by atoms with Gasteiger partial charge in [-0.15, -0.1) is 0 Å². The number of hydrogen-bond acceptors (Lipinski definition) is 7. The van der Waals surface area contributed by atoms with Crippen LogP contribution in [0.15, 0.2) is 64.5 Å². The maximum Gasteiger partial charge on any atom is 0.347 e. The molecule has 1 heterocycles. The van der Waals surface area contributed by atoms with Crippen molar-refractivity contribution in [2.45, 2.75) is 53.6 Å². The first-order valence-corrected chi connectivity index (χ1v) is 14.0. The van der Waals surface area contributed by atoms with E-state index in [9.17, 15) is 9.59 Å². The van der Waals surface area contributed by atoms with E-state index >= 15 is 0 Å². The molecule has 8 nitrogen and oxygen atoms in total. The zero-order valence-corrected chi connectivity index (χ0v) is 24.9. The number of carbonyl (C=O) groups is 1. The fourth-order valence-corrected chi connectivity index (χ4v) is 4.60. The highest BCUT2D eigenvalue weighted by Crippen LogP contribution is 2.34. The van der Waals surface area contributed by atoms with Crippen LogP contribution < -0.4 is 15.0 Å². The summed E-state index contributed by atoms with van der Waals surface area (Å²) < 4.78 is 18.1. The largest absolute Gasteiger partial charge is 0.494 e. The highest BCUT2D eigenvalue weighted by Gasteiger charge is 2.20. The number of aryl methyl sites for hydroxylation is 1. The zero-order chi connectivity index (χ0) is 29.7. The summed E-state index contributed by atoms with van der Waals surface area (Å²) in [7, 11) is 0. The molecule has 0 spiro atoms. The third kappa shape index (κ3) is 6.60. The second kappa shape index (κ2) is 13.0. The quantitative estimate of drug-likeness (QED) is 0.153. The van der Waals surface area contributed by atoms with E-state index in [2.05, 4.69) is 18.9 Å². The third-order valence-electron chi connectivity index (χ3n) is 6.48. The molecule has 0 saturated carbocycles. The molecule has 0 aliphatic heterocycles. The van der Waals surface area contributed by atoms with Crippen molar-refractivity contribution in [3.63, 3.8) is 0 Å². The normalized spacial score (nSPS) is 12.2. The summed E-state index contributed by atoms with van der Waals surface area (Å²) in [5.74, 6) is 1.23. The van der Waals surface area contributed by atoms with Gasteiger partial charge in [0.15, 0.2) is 11.9 Å². The number of para-hydroxylation sites is 1. The number of hydrogen-bond donors (Lipinski definition) is 0. The van der Waals surface area contributed by atoms with E-state index in [-0.39, 0.29) is 18.1 Å². The molecule has 0 unspecified atom stereocenters. The van der Waals surface area contributed by atoms with Crippen molar-refractivity contribution in [1.29, 1.82) is 0 Å². The Morgan fingerprint density at radius 1 is 1.05 bits per heavy atom. The summed E-state index contributed by atoms with van der Waals surface area (Å²) in [5, 5.41) is 5.47. The van der Waals surface area contributed by atoms with Crippen LogP contribution in [0, 0.1) is 6.92 Å². The van der Waals surface area contributed by atoms with Crippen LogP contribution in [0.4, 0.5) is 0 Å². The molecule has 0 fully saturated rings. The molecule has 0 saturated heterocycles. The minimum atomic E-state index is -0.857. The predicted octanol–water partition coefficient (Wildman–Crippen LogP) is 6.76. The Balaban J connectivity index is 1.90. The number of ether oxygens (including phenoxy) is 3. The second-order valence-corrected chi connectivity index (χ2v) is 10.2. The topological polar surface area (TPSA) is 92.0 Å². The summed E-state index contributed by atoms with van der Waals surface area (Å²) in [5.41, 5.74) is 3.36. The standard InChI is InChI=1S/C32H34ClN3O5/c1-7-39-29-15-20(5)26(17-25(29)19(3)4)30-35-27-12-10-9-11-24(27)31(37)36(30)34-18-22-16-23(33)13-14-28(22)41-21(6)32(38)40-8-2/h9-19,21H,7-8H2,1-6H3/t21-/m0/s1. The van der Waals surface area contributed by atoms with Crippen molar-refractivity contribution in [1.82, 2.24) is 9.66 Å². The highest BCUT2D eigenvalue weighted by molar-refractivity contribution is 6.30. The van der Waals surface area contributed by atoms with Gasteiger partial charge >= 0.3 is 5.97 Å². The molecule has 0 aliphatic rings. The lowest BCUT2D eigenvalue weighted by Gasteiger charge is -2.18. The van der Waals surface area contributed by atoms with Gasteiger partial charge in [-0.05, 0) is 87.2 Å². The number of fused-ring (bicyclic) bond motifs is 1. The maximum atomic E-state index is 13.8. The van der Waals surface area contributed by atoms with Crippen molar-refractivity contribution >= 4 is 34.7 Å². The van der Waals surface area contributed by atoms with Crippen LogP contribution >= 0.6 is 11.6 Å².